The predicted octanol–water partition coefficient (Wildman–Crippen LogP) is 2.61. The molecule has 0 fully saturated rings. The molecule has 0 aliphatic carbocycles. The van der Waals surface area contributed by atoms with Gasteiger partial charge in [-0.1, -0.05) is 12.1 Å². The van der Waals surface area contributed by atoms with E-state index in [0.29, 0.717) is 5.56 Å². The van der Waals surface area contributed by atoms with E-state index in [-0.39, 0.29) is 25.2 Å². The SMILES string of the molecule is O=C(CCOCC(F)F)Cc1cccc(F)c1. The van der Waals surface area contributed by atoms with E-state index in [2.05, 4.69) is 4.74 Å². The highest BCUT2D eigenvalue weighted by molar-refractivity contribution is 5.80. The van der Waals surface area contributed by atoms with Crippen LogP contribution in [0.5, 0.6) is 0 Å². The van der Waals surface area contributed by atoms with Crippen molar-refractivity contribution < 1.29 is 22.7 Å². The minimum atomic E-state index is -2.52. The molecule has 17 heavy (non-hydrogen) atoms. The molecule has 0 radical (unpaired) electrons. The number of carbonyl (C=O) groups is 1. The maximum absolute atomic E-state index is 12.8. The summed E-state index contributed by atoms with van der Waals surface area (Å²) in [6.45, 7) is -0.689. The van der Waals surface area contributed by atoms with E-state index in [1.807, 2.05) is 0 Å². The average molecular weight is 246 g/mol. The van der Waals surface area contributed by atoms with Gasteiger partial charge in [-0.3, -0.25) is 4.79 Å². The minimum absolute atomic E-state index is 0.0293. The molecule has 1 aromatic carbocycles. The lowest BCUT2D eigenvalue weighted by molar-refractivity contribution is -0.119. The van der Waals surface area contributed by atoms with Gasteiger partial charge in [-0.25, -0.2) is 13.2 Å². The zero-order chi connectivity index (χ0) is 12.7. The van der Waals surface area contributed by atoms with Crippen molar-refractivity contribution in [1.82, 2.24) is 0 Å². The van der Waals surface area contributed by atoms with E-state index in [4.69, 9.17) is 0 Å². The fourth-order valence-electron chi connectivity index (χ4n) is 1.32. The Kier molecular flexibility index (Phi) is 5.69. The molecule has 0 atom stereocenters. The summed E-state index contributed by atoms with van der Waals surface area (Å²) in [7, 11) is 0. The Morgan fingerprint density at radius 3 is 2.76 bits per heavy atom. The molecule has 0 aliphatic rings. The van der Waals surface area contributed by atoms with Gasteiger partial charge in [0.15, 0.2) is 0 Å². The van der Waals surface area contributed by atoms with Gasteiger partial charge in [0.2, 0.25) is 0 Å². The van der Waals surface area contributed by atoms with Crippen LogP contribution in [-0.2, 0) is 16.0 Å². The second-order valence-corrected chi connectivity index (χ2v) is 3.56. The molecule has 1 aromatic rings. The van der Waals surface area contributed by atoms with Crippen molar-refractivity contribution in [3.05, 3.63) is 35.6 Å². The monoisotopic (exact) mass is 246 g/mol. The molecule has 0 saturated heterocycles. The van der Waals surface area contributed by atoms with E-state index in [1.54, 1.807) is 6.07 Å². The summed E-state index contributed by atoms with van der Waals surface area (Å²) in [5.74, 6) is -0.561. The van der Waals surface area contributed by atoms with Crippen LogP contribution in [0.1, 0.15) is 12.0 Å². The highest BCUT2D eigenvalue weighted by Gasteiger charge is 2.06. The highest BCUT2D eigenvalue weighted by atomic mass is 19.3. The number of benzene rings is 1. The third kappa shape index (κ3) is 6.06. The van der Waals surface area contributed by atoms with Gasteiger partial charge < -0.3 is 4.74 Å². The van der Waals surface area contributed by atoms with Gasteiger partial charge >= 0.3 is 0 Å². The summed E-state index contributed by atoms with van der Waals surface area (Å²) >= 11 is 0. The van der Waals surface area contributed by atoms with Crippen molar-refractivity contribution in [3.8, 4) is 0 Å². The van der Waals surface area contributed by atoms with Crippen molar-refractivity contribution in [2.45, 2.75) is 19.3 Å². The zero-order valence-corrected chi connectivity index (χ0v) is 9.17. The molecular weight excluding hydrogens is 233 g/mol. The molecule has 2 nitrogen and oxygen atoms in total. The molecular formula is C12H13F3O2. The van der Waals surface area contributed by atoms with Crippen LogP contribution in [0.4, 0.5) is 13.2 Å². The quantitative estimate of drug-likeness (QED) is 0.691. The fraction of sp³-hybridized carbons (Fsp3) is 0.417. The Bertz CT molecular complexity index is 367. The minimum Gasteiger partial charge on any atom is -0.375 e. The number of halogens is 3. The van der Waals surface area contributed by atoms with Crippen LogP contribution in [0.25, 0.3) is 0 Å². The first-order valence-electron chi connectivity index (χ1n) is 5.20. The van der Waals surface area contributed by atoms with Crippen LogP contribution >= 0.6 is 0 Å². The summed E-state index contributed by atoms with van der Waals surface area (Å²) < 4.78 is 40.8. The first kappa shape index (κ1) is 13.7. The average Bonchev–Trinajstić information content (AvgIpc) is 2.24. The number of ether oxygens (including phenoxy) is 1. The van der Waals surface area contributed by atoms with Crippen LogP contribution in [-0.4, -0.2) is 25.4 Å². The molecule has 0 heterocycles. The summed E-state index contributed by atoms with van der Waals surface area (Å²) in [6, 6.07) is 5.73. The zero-order valence-electron chi connectivity index (χ0n) is 9.17. The van der Waals surface area contributed by atoms with Gasteiger partial charge in [0, 0.05) is 12.8 Å². The molecule has 0 spiro atoms. The largest absolute Gasteiger partial charge is 0.375 e. The molecule has 94 valence electrons. The number of alkyl halides is 2. The lowest BCUT2D eigenvalue weighted by Crippen LogP contribution is -2.10. The highest BCUT2D eigenvalue weighted by Crippen LogP contribution is 2.06. The Hall–Kier alpha value is -1.36. The van der Waals surface area contributed by atoms with E-state index in [9.17, 15) is 18.0 Å². The predicted molar refractivity (Wildman–Crippen MR) is 56.6 cm³/mol. The molecule has 0 saturated carbocycles. The van der Waals surface area contributed by atoms with Crippen LogP contribution in [0.15, 0.2) is 24.3 Å². The topological polar surface area (TPSA) is 26.3 Å². The van der Waals surface area contributed by atoms with Gasteiger partial charge in [0.05, 0.1) is 6.61 Å². The standard InChI is InChI=1S/C12H13F3O2/c13-10-3-1-2-9(6-10)7-11(16)4-5-17-8-12(14)15/h1-3,6,12H,4-5,7-8H2. The molecule has 0 bridgehead atoms. The molecule has 1 rings (SSSR count). The lowest BCUT2D eigenvalue weighted by Gasteiger charge is -2.03. The van der Waals surface area contributed by atoms with Crippen LogP contribution in [0, 0.1) is 5.82 Å². The Labute approximate surface area is 97.4 Å². The molecule has 0 N–H and O–H groups in total. The molecule has 0 aromatic heterocycles. The second kappa shape index (κ2) is 7.06. The Morgan fingerprint density at radius 1 is 1.35 bits per heavy atom. The van der Waals surface area contributed by atoms with Gasteiger partial charge in [-0.15, -0.1) is 0 Å². The lowest BCUT2D eigenvalue weighted by atomic mass is 10.1. The maximum Gasteiger partial charge on any atom is 0.261 e. The van der Waals surface area contributed by atoms with Gasteiger partial charge in [-0.2, -0.15) is 0 Å². The molecule has 0 aliphatic heterocycles. The van der Waals surface area contributed by atoms with E-state index < -0.39 is 18.8 Å². The van der Waals surface area contributed by atoms with Gasteiger partial charge in [0.25, 0.3) is 6.43 Å². The molecule has 0 amide bonds. The third-order valence-electron chi connectivity index (χ3n) is 2.06. The van der Waals surface area contributed by atoms with Crippen LogP contribution in [0.2, 0.25) is 0 Å². The van der Waals surface area contributed by atoms with E-state index in [1.165, 1.54) is 18.2 Å². The normalized spacial score (nSPS) is 10.8. The van der Waals surface area contributed by atoms with Crippen LogP contribution < -0.4 is 0 Å². The van der Waals surface area contributed by atoms with Crippen LogP contribution in [0.3, 0.4) is 0 Å². The number of carbonyl (C=O) groups excluding carboxylic acids is 1. The summed E-state index contributed by atoms with van der Waals surface area (Å²) in [6.07, 6.45) is -2.37. The Balaban J connectivity index is 2.25. The Morgan fingerprint density at radius 2 is 2.12 bits per heavy atom. The summed E-state index contributed by atoms with van der Waals surface area (Å²) in [5.41, 5.74) is 0.573. The smallest absolute Gasteiger partial charge is 0.261 e. The first-order chi connectivity index (χ1) is 8.08. The van der Waals surface area contributed by atoms with Crippen molar-refractivity contribution in [2.24, 2.45) is 0 Å². The van der Waals surface area contributed by atoms with Gasteiger partial charge in [0.1, 0.15) is 18.2 Å². The fourth-order valence-corrected chi connectivity index (χ4v) is 1.32. The van der Waals surface area contributed by atoms with Crippen molar-refractivity contribution in [3.63, 3.8) is 0 Å². The first-order valence-corrected chi connectivity index (χ1v) is 5.20. The number of hydrogen-bond donors (Lipinski definition) is 0. The summed E-state index contributed by atoms with van der Waals surface area (Å²) in [4.78, 5) is 11.4. The number of hydrogen-bond acceptors (Lipinski definition) is 2. The molecule has 0 unspecified atom stereocenters. The van der Waals surface area contributed by atoms with Gasteiger partial charge in [-0.05, 0) is 17.7 Å². The van der Waals surface area contributed by atoms with E-state index >= 15 is 0 Å². The number of ketones is 1. The van der Waals surface area contributed by atoms with E-state index in [0.717, 1.165) is 0 Å². The third-order valence-corrected chi connectivity index (χ3v) is 2.06. The second-order valence-electron chi connectivity index (χ2n) is 3.56. The maximum atomic E-state index is 12.8. The summed E-state index contributed by atoms with van der Waals surface area (Å²) in [5, 5.41) is 0. The van der Waals surface area contributed by atoms with Crippen molar-refractivity contribution >= 4 is 5.78 Å². The molecule has 5 heteroatoms. The van der Waals surface area contributed by atoms with Crippen molar-refractivity contribution in [1.29, 1.82) is 0 Å². The van der Waals surface area contributed by atoms with Crippen molar-refractivity contribution in [2.75, 3.05) is 13.2 Å². The number of Topliss-reactive ketones (excluding diaryl/α,β-unsaturated/α-hetero) is 1. The number of rotatable bonds is 7.